The molecule has 8 nitrogen and oxygen atoms in total. The zero-order valence-corrected chi connectivity index (χ0v) is 16.9. The second-order valence-electron chi connectivity index (χ2n) is 5.72. The van der Waals surface area contributed by atoms with E-state index in [1.54, 1.807) is 32.2 Å². The Hall–Kier alpha value is -2.85. The molecule has 148 valence electrons. The molecule has 0 amide bonds. The highest BCUT2D eigenvalue weighted by Crippen LogP contribution is 2.34. The van der Waals surface area contributed by atoms with Crippen LogP contribution in [0.4, 0.5) is 10.8 Å². The van der Waals surface area contributed by atoms with Gasteiger partial charge in [-0.05, 0) is 49.4 Å². The summed E-state index contributed by atoms with van der Waals surface area (Å²) in [5.41, 5.74) is 6.68. The van der Waals surface area contributed by atoms with Crippen LogP contribution in [0, 0.1) is 0 Å². The summed E-state index contributed by atoms with van der Waals surface area (Å²) in [6.45, 7) is 1.31. The summed E-state index contributed by atoms with van der Waals surface area (Å²) in [4.78, 5) is 16.5. The number of anilines is 2. The molecular weight excluding hydrogens is 402 g/mol. The third kappa shape index (κ3) is 4.02. The third-order valence-corrected chi connectivity index (χ3v) is 6.75. The summed E-state index contributed by atoms with van der Waals surface area (Å²) in [5, 5.41) is 0.160. The molecule has 28 heavy (non-hydrogen) atoms. The first-order chi connectivity index (χ1) is 13.3. The van der Waals surface area contributed by atoms with Gasteiger partial charge < -0.3 is 15.2 Å². The standard InChI is InChI=1S/C18H19N3O5S2/c1-3-26-17(22)11-21(28(23,24)14-7-4-12(19)5-8-14)18-20-15-9-6-13(25-2)10-16(15)27-18/h4-10H,3,11,19H2,1-2H3. The summed E-state index contributed by atoms with van der Waals surface area (Å²) in [7, 11) is -2.51. The molecule has 0 bridgehead atoms. The van der Waals surface area contributed by atoms with E-state index in [4.69, 9.17) is 15.2 Å². The maximum atomic E-state index is 13.2. The highest BCUT2D eigenvalue weighted by Gasteiger charge is 2.30. The van der Waals surface area contributed by atoms with Crippen molar-refractivity contribution in [2.75, 3.05) is 30.3 Å². The topological polar surface area (TPSA) is 112 Å². The first-order valence-corrected chi connectivity index (χ1v) is 10.6. The number of esters is 1. The van der Waals surface area contributed by atoms with E-state index in [0.717, 1.165) is 20.3 Å². The molecule has 3 rings (SSSR count). The molecule has 1 heterocycles. The van der Waals surface area contributed by atoms with Gasteiger partial charge in [0.15, 0.2) is 0 Å². The molecule has 0 saturated carbocycles. The van der Waals surface area contributed by atoms with Gasteiger partial charge in [-0.25, -0.2) is 17.7 Å². The highest BCUT2D eigenvalue weighted by molar-refractivity contribution is 7.93. The van der Waals surface area contributed by atoms with Crippen LogP contribution in [0.15, 0.2) is 47.4 Å². The van der Waals surface area contributed by atoms with Crippen molar-refractivity contribution in [3.8, 4) is 5.75 Å². The Morgan fingerprint density at radius 1 is 1.21 bits per heavy atom. The molecule has 0 fully saturated rings. The zero-order valence-electron chi connectivity index (χ0n) is 15.3. The van der Waals surface area contributed by atoms with Crippen LogP contribution in [0.5, 0.6) is 5.75 Å². The molecule has 0 aliphatic rings. The maximum Gasteiger partial charge on any atom is 0.326 e. The number of sulfonamides is 1. The Labute approximate surface area is 166 Å². The molecule has 0 saturated heterocycles. The minimum absolute atomic E-state index is 0.00263. The van der Waals surface area contributed by atoms with Gasteiger partial charge in [-0.1, -0.05) is 11.3 Å². The summed E-state index contributed by atoms with van der Waals surface area (Å²) in [6, 6.07) is 11.0. The van der Waals surface area contributed by atoms with Crippen LogP contribution in [0.3, 0.4) is 0 Å². The first kappa shape index (κ1) is 19.9. The minimum atomic E-state index is -4.05. The van der Waals surface area contributed by atoms with Crippen LogP contribution in [-0.2, 0) is 19.6 Å². The zero-order chi connectivity index (χ0) is 20.3. The Morgan fingerprint density at radius 2 is 1.93 bits per heavy atom. The number of hydrogen-bond donors (Lipinski definition) is 1. The van der Waals surface area contributed by atoms with Gasteiger partial charge in [0.05, 0.1) is 28.8 Å². The number of ether oxygens (including phenoxy) is 2. The van der Waals surface area contributed by atoms with Crippen molar-refractivity contribution in [3.05, 3.63) is 42.5 Å². The average Bonchev–Trinajstić information content (AvgIpc) is 3.09. The van der Waals surface area contributed by atoms with E-state index in [9.17, 15) is 13.2 Å². The number of fused-ring (bicyclic) bond motifs is 1. The molecule has 0 aliphatic carbocycles. The van der Waals surface area contributed by atoms with Crippen LogP contribution in [-0.4, -0.2) is 39.6 Å². The van der Waals surface area contributed by atoms with Gasteiger partial charge in [0, 0.05) is 5.69 Å². The van der Waals surface area contributed by atoms with Crippen molar-refractivity contribution >= 4 is 48.4 Å². The van der Waals surface area contributed by atoms with Crippen LogP contribution in [0.25, 0.3) is 10.2 Å². The summed E-state index contributed by atoms with van der Waals surface area (Å²) in [6.07, 6.45) is 0. The van der Waals surface area contributed by atoms with E-state index in [0.29, 0.717) is 17.0 Å². The Morgan fingerprint density at radius 3 is 2.57 bits per heavy atom. The summed E-state index contributed by atoms with van der Waals surface area (Å²) in [5.74, 6) is -0.0422. The number of nitrogen functional groups attached to an aromatic ring is 1. The Bertz CT molecular complexity index is 1090. The van der Waals surface area contributed by atoms with Gasteiger partial charge in [-0.2, -0.15) is 0 Å². The van der Waals surface area contributed by atoms with Gasteiger partial charge in [-0.3, -0.25) is 4.79 Å². The van der Waals surface area contributed by atoms with Crippen LogP contribution in [0.1, 0.15) is 6.92 Å². The fraction of sp³-hybridized carbons (Fsp3) is 0.222. The van der Waals surface area contributed by atoms with E-state index in [1.165, 1.54) is 24.3 Å². The lowest BCUT2D eigenvalue weighted by Crippen LogP contribution is -2.36. The summed E-state index contributed by atoms with van der Waals surface area (Å²) < 4.78 is 38.2. The monoisotopic (exact) mass is 421 g/mol. The number of thiazole rings is 1. The molecule has 0 unspecified atom stereocenters. The molecule has 3 aromatic rings. The van der Waals surface area contributed by atoms with Crippen molar-refractivity contribution in [1.82, 2.24) is 4.98 Å². The second-order valence-corrected chi connectivity index (χ2v) is 8.59. The van der Waals surface area contributed by atoms with Crippen molar-refractivity contribution in [3.63, 3.8) is 0 Å². The number of methoxy groups -OCH3 is 1. The van der Waals surface area contributed by atoms with Crippen molar-refractivity contribution < 1.29 is 22.7 Å². The number of hydrogen-bond acceptors (Lipinski definition) is 8. The van der Waals surface area contributed by atoms with Gasteiger partial charge >= 0.3 is 5.97 Å². The Balaban J connectivity index is 2.08. The molecule has 0 aliphatic heterocycles. The molecule has 2 N–H and O–H groups in total. The molecule has 0 atom stereocenters. The lowest BCUT2D eigenvalue weighted by molar-refractivity contribution is -0.141. The van der Waals surface area contributed by atoms with Crippen molar-refractivity contribution in [1.29, 1.82) is 0 Å². The van der Waals surface area contributed by atoms with Gasteiger partial charge in [0.2, 0.25) is 5.13 Å². The van der Waals surface area contributed by atoms with Crippen LogP contribution < -0.4 is 14.8 Å². The van der Waals surface area contributed by atoms with E-state index in [1.807, 2.05) is 0 Å². The largest absolute Gasteiger partial charge is 0.497 e. The SMILES string of the molecule is CCOC(=O)CN(c1nc2ccc(OC)cc2s1)S(=O)(=O)c1ccc(N)cc1. The number of carbonyl (C=O) groups is 1. The smallest absolute Gasteiger partial charge is 0.326 e. The second kappa shape index (κ2) is 8.03. The first-order valence-electron chi connectivity index (χ1n) is 8.33. The number of rotatable bonds is 7. The van der Waals surface area contributed by atoms with E-state index in [2.05, 4.69) is 4.98 Å². The number of nitrogens with zero attached hydrogens (tertiary/aromatic N) is 2. The number of nitrogens with two attached hydrogens (primary N) is 1. The molecule has 2 aromatic carbocycles. The number of benzene rings is 2. The quantitative estimate of drug-likeness (QED) is 0.461. The third-order valence-electron chi connectivity index (χ3n) is 3.84. The molecule has 10 heteroatoms. The normalized spacial score (nSPS) is 11.4. The van der Waals surface area contributed by atoms with Gasteiger partial charge in [0.1, 0.15) is 12.3 Å². The molecule has 0 radical (unpaired) electrons. The summed E-state index contributed by atoms with van der Waals surface area (Å²) >= 11 is 1.14. The van der Waals surface area contributed by atoms with Crippen molar-refractivity contribution in [2.24, 2.45) is 0 Å². The van der Waals surface area contributed by atoms with E-state index < -0.39 is 22.5 Å². The number of carbonyl (C=O) groups excluding carboxylic acids is 1. The van der Waals surface area contributed by atoms with E-state index >= 15 is 0 Å². The molecule has 1 aromatic heterocycles. The van der Waals surface area contributed by atoms with Crippen LogP contribution >= 0.6 is 11.3 Å². The van der Waals surface area contributed by atoms with Gasteiger partial charge in [0.25, 0.3) is 10.0 Å². The fourth-order valence-corrected chi connectivity index (χ4v) is 5.04. The van der Waals surface area contributed by atoms with Gasteiger partial charge in [-0.15, -0.1) is 0 Å². The van der Waals surface area contributed by atoms with Crippen LogP contribution in [0.2, 0.25) is 0 Å². The Kier molecular flexibility index (Phi) is 5.71. The minimum Gasteiger partial charge on any atom is -0.497 e. The molecule has 0 spiro atoms. The lowest BCUT2D eigenvalue weighted by atomic mass is 10.3. The predicted octanol–water partition coefficient (Wildman–Crippen LogP) is 2.65. The predicted molar refractivity (Wildman–Crippen MR) is 108 cm³/mol. The average molecular weight is 422 g/mol. The molecular formula is C18H19N3O5S2. The highest BCUT2D eigenvalue weighted by atomic mass is 32.2. The van der Waals surface area contributed by atoms with Crippen molar-refractivity contribution in [2.45, 2.75) is 11.8 Å². The van der Waals surface area contributed by atoms with E-state index in [-0.39, 0.29) is 16.6 Å². The number of aromatic nitrogens is 1. The lowest BCUT2D eigenvalue weighted by Gasteiger charge is -2.20. The fourth-order valence-electron chi connectivity index (χ4n) is 2.47. The maximum absolute atomic E-state index is 13.2.